The molecule has 1 aliphatic heterocycles. The number of nitrogens with one attached hydrogen (secondary N) is 1. The van der Waals surface area contributed by atoms with E-state index in [4.69, 9.17) is 11.5 Å². The van der Waals surface area contributed by atoms with Crippen LogP contribution in [0, 0.1) is 5.92 Å². The molecule has 0 unspecified atom stereocenters. The summed E-state index contributed by atoms with van der Waals surface area (Å²) in [6.07, 6.45) is 3.73. The molecule has 132 valence electrons. The van der Waals surface area contributed by atoms with Crippen LogP contribution in [0.3, 0.4) is 0 Å². The van der Waals surface area contributed by atoms with E-state index >= 15 is 0 Å². The van der Waals surface area contributed by atoms with Crippen LogP contribution in [0.25, 0.3) is 0 Å². The van der Waals surface area contributed by atoms with Crippen molar-refractivity contribution < 1.29 is 14.4 Å². The first-order valence-corrected chi connectivity index (χ1v) is 9.33. The number of primary amides is 1. The molecular weight excluding hydrogens is 316 g/mol. The molecule has 1 rings (SSSR count). The Kier molecular flexibility index (Phi) is 7.84. The Bertz CT molecular complexity index is 444. The SMILES string of the molecule is CSCC[C@H](NC(=O)[C@@H]1CCCN1C(=O)[C@@H](N)C(C)C)C(N)=O. The number of thioether (sulfide) groups is 1. The molecule has 0 aliphatic carbocycles. The molecule has 1 fully saturated rings. The number of amides is 3. The molecule has 1 heterocycles. The van der Waals surface area contributed by atoms with Crippen LogP contribution < -0.4 is 16.8 Å². The van der Waals surface area contributed by atoms with E-state index in [1.165, 1.54) is 4.90 Å². The molecular formula is C15H28N4O3S. The predicted octanol–water partition coefficient (Wildman–Crippen LogP) is -0.316. The van der Waals surface area contributed by atoms with Crippen molar-refractivity contribution >= 4 is 29.5 Å². The van der Waals surface area contributed by atoms with E-state index < -0.39 is 24.0 Å². The van der Waals surface area contributed by atoms with Crippen LogP contribution in [0.5, 0.6) is 0 Å². The van der Waals surface area contributed by atoms with Gasteiger partial charge in [0.15, 0.2) is 0 Å². The van der Waals surface area contributed by atoms with Gasteiger partial charge in [0, 0.05) is 6.54 Å². The van der Waals surface area contributed by atoms with Gasteiger partial charge in [-0.2, -0.15) is 11.8 Å². The van der Waals surface area contributed by atoms with E-state index in [-0.39, 0.29) is 17.7 Å². The minimum absolute atomic E-state index is 0.00626. The van der Waals surface area contributed by atoms with E-state index in [1.54, 1.807) is 11.8 Å². The van der Waals surface area contributed by atoms with Gasteiger partial charge >= 0.3 is 0 Å². The van der Waals surface area contributed by atoms with Gasteiger partial charge in [0.25, 0.3) is 0 Å². The highest BCUT2D eigenvalue weighted by molar-refractivity contribution is 7.98. The molecule has 5 N–H and O–H groups in total. The first-order valence-electron chi connectivity index (χ1n) is 7.94. The van der Waals surface area contributed by atoms with Crippen LogP contribution in [-0.2, 0) is 14.4 Å². The highest BCUT2D eigenvalue weighted by atomic mass is 32.2. The molecule has 0 radical (unpaired) electrons. The molecule has 0 spiro atoms. The third kappa shape index (κ3) is 5.39. The smallest absolute Gasteiger partial charge is 0.243 e. The van der Waals surface area contributed by atoms with Crippen molar-refractivity contribution in [2.45, 2.75) is 51.2 Å². The molecule has 0 saturated carbocycles. The largest absolute Gasteiger partial charge is 0.368 e. The highest BCUT2D eigenvalue weighted by Gasteiger charge is 2.37. The lowest BCUT2D eigenvalue weighted by atomic mass is 10.0. The topological polar surface area (TPSA) is 119 Å². The van der Waals surface area contributed by atoms with Crippen LogP contribution in [0.2, 0.25) is 0 Å². The summed E-state index contributed by atoms with van der Waals surface area (Å²) in [6.45, 7) is 4.27. The van der Waals surface area contributed by atoms with Crippen molar-refractivity contribution in [2.75, 3.05) is 18.6 Å². The maximum atomic E-state index is 12.5. The standard InChI is InChI=1S/C15H28N4O3S/c1-9(2)12(16)15(22)19-7-4-5-11(19)14(21)18-10(13(17)20)6-8-23-3/h9-12H,4-8,16H2,1-3H3,(H2,17,20)(H,18,21)/t10-,11-,12-/m0/s1. The van der Waals surface area contributed by atoms with Crippen LogP contribution in [0.4, 0.5) is 0 Å². The summed E-state index contributed by atoms with van der Waals surface area (Å²) >= 11 is 1.58. The Morgan fingerprint density at radius 1 is 1.35 bits per heavy atom. The van der Waals surface area contributed by atoms with Crippen molar-refractivity contribution in [3.8, 4) is 0 Å². The number of carbonyl (C=O) groups is 3. The first kappa shape index (κ1) is 19.8. The van der Waals surface area contributed by atoms with Gasteiger partial charge in [-0.05, 0) is 37.2 Å². The van der Waals surface area contributed by atoms with Crippen molar-refractivity contribution in [3.63, 3.8) is 0 Å². The maximum Gasteiger partial charge on any atom is 0.243 e. The second kappa shape index (κ2) is 9.12. The molecule has 0 aromatic rings. The van der Waals surface area contributed by atoms with E-state index in [0.29, 0.717) is 19.4 Å². The van der Waals surface area contributed by atoms with Gasteiger partial charge < -0.3 is 21.7 Å². The molecule has 0 aromatic carbocycles. The van der Waals surface area contributed by atoms with E-state index in [1.807, 2.05) is 20.1 Å². The fourth-order valence-electron chi connectivity index (χ4n) is 2.57. The predicted molar refractivity (Wildman–Crippen MR) is 91.7 cm³/mol. The number of likely N-dealkylation sites (tertiary alicyclic amines) is 1. The lowest BCUT2D eigenvalue weighted by Gasteiger charge is -2.29. The average Bonchev–Trinajstić information content (AvgIpc) is 2.98. The van der Waals surface area contributed by atoms with Crippen LogP contribution in [-0.4, -0.2) is 59.3 Å². The molecule has 0 aromatic heterocycles. The molecule has 8 heteroatoms. The monoisotopic (exact) mass is 344 g/mol. The number of carbonyl (C=O) groups excluding carboxylic acids is 3. The summed E-state index contributed by atoms with van der Waals surface area (Å²) in [7, 11) is 0. The highest BCUT2D eigenvalue weighted by Crippen LogP contribution is 2.20. The lowest BCUT2D eigenvalue weighted by molar-refractivity contribution is -0.140. The normalized spacial score (nSPS) is 20.4. The van der Waals surface area contributed by atoms with Gasteiger partial charge in [-0.1, -0.05) is 13.8 Å². The summed E-state index contributed by atoms with van der Waals surface area (Å²) in [5.41, 5.74) is 11.3. The third-order valence-corrected chi connectivity index (χ3v) is 4.76. The summed E-state index contributed by atoms with van der Waals surface area (Å²) in [4.78, 5) is 37.9. The average molecular weight is 344 g/mol. The molecule has 1 aliphatic rings. The Labute approximate surface area is 141 Å². The Balaban J connectivity index is 2.73. The van der Waals surface area contributed by atoms with Crippen molar-refractivity contribution in [2.24, 2.45) is 17.4 Å². The minimum atomic E-state index is -0.703. The van der Waals surface area contributed by atoms with E-state index in [2.05, 4.69) is 5.32 Å². The summed E-state index contributed by atoms with van der Waals surface area (Å²) in [5.74, 6) is -0.359. The molecule has 3 amide bonds. The summed E-state index contributed by atoms with van der Waals surface area (Å²) in [5, 5.41) is 2.68. The van der Waals surface area contributed by atoms with E-state index in [0.717, 1.165) is 12.2 Å². The van der Waals surface area contributed by atoms with Gasteiger partial charge in [-0.15, -0.1) is 0 Å². The van der Waals surface area contributed by atoms with Gasteiger partial charge in [0.1, 0.15) is 12.1 Å². The molecule has 1 saturated heterocycles. The lowest BCUT2D eigenvalue weighted by Crippen LogP contribution is -2.55. The zero-order chi connectivity index (χ0) is 17.6. The molecule has 0 bridgehead atoms. The molecule has 23 heavy (non-hydrogen) atoms. The van der Waals surface area contributed by atoms with Gasteiger partial charge in [-0.3, -0.25) is 14.4 Å². The zero-order valence-electron chi connectivity index (χ0n) is 14.1. The summed E-state index contributed by atoms with van der Waals surface area (Å²) < 4.78 is 0. The van der Waals surface area contributed by atoms with Crippen LogP contribution in [0.15, 0.2) is 0 Å². The Morgan fingerprint density at radius 3 is 2.52 bits per heavy atom. The van der Waals surface area contributed by atoms with E-state index in [9.17, 15) is 14.4 Å². The Hall–Kier alpha value is -1.28. The second-order valence-corrected chi connectivity index (χ2v) is 7.19. The third-order valence-electron chi connectivity index (χ3n) is 4.11. The number of nitrogens with two attached hydrogens (primary N) is 2. The van der Waals surface area contributed by atoms with Crippen molar-refractivity contribution in [1.82, 2.24) is 10.2 Å². The number of nitrogens with zero attached hydrogens (tertiary/aromatic N) is 1. The minimum Gasteiger partial charge on any atom is -0.368 e. The van der Waals surface area contributed by atoms with Crippen LogP contribution >= 0.6 is 11.8 Å². The maximum absolute atomic E-state index is 12.5. The van der Waals surface area contributed by atoms with Crippen molar-refractivity contribution in [1.29, 1.82) is 0 Å². The molecule has 7 nitrogen and oxygen atoms in total. The van der Waals surface area contributed by atoms with Gasteiger partial charge in [0.05, 0.1) is 6.04 Å². The fourth-order valence-corrected chi connectivity index (χ4v) is 3.04. The van der Waals surface area contributed by atoms with Crippen molar-refractivity contribution in [3.05, 3.63) is 0 Å². The summed E-state index contributed by atoms with van der Waals surface area (Å²) in [6, 6.07) is -1.89. The second-order valence-electron chi connectivity index (χ2n) is 6.20. The van der Waals surface area contributed by atoms with Gasteiger partial charge in [-0.25, -0.2) is 0 Å². The van der Waals surface area contributed by atoms with Gasteiger partial charge in [0.2, 0.25) is 17.7 Å². The number of rotatable bonds is 8. The van der Waals surface area contributed by atoms with Crippen LogP contribution in [0.1, 0.15) is 33.1 Å². The zero-order valence-corrected chi connectivity index (χ0v) is 14.9. The number of hydrogen-bond donors (Lipinski definition) is 3. The molecule has 3 atom stereocenters. The fraction of sp³-hybridized carbons (Fsp3) is 0.800. The number of hydrogen-bond acceptors (Lipinski definition) is 5. The quantitative estimate of drug-likeness (QED) is 0.558. The Morgan fingerprint density at radius 2 is 2.00 bits per heavy atom. The first-order chi connectivity index (χ1) is 10.8.